The summed E-state index contributed by atoms with van der Waals surface area (Å²) in [6.45, 7) is 11.3. The molecule has 1 aromatic carbocycles. The van der Waals surface area contributed by atoms with Gasteiger partial charge in [0, 0.05) is 6.42 Å². The van der Waals surface area contributed by atoms with Gasteiger partial charge in [-0.25, -0.2) is 0 Å². The molecule has 0 aliphatic rings. The standard InChI is InChI=1S/C21H34O3/c1-16(2)9-7-6-8-14-24-20(23)13-11-17-10-12-18(22)15-19(17)21(3,4)5/h10,12,15-16,22H,6-9,11,13-14H2,1-5H3. The second-order valence-electron chi connectivity index (χ2n) is 8.06. The summed E-state index contributed by atoms with van der Waals surface area (Å²) in [4.78, 5) is 11.9. The molecule has 1 aromatic rings. The number of aromatic hydroxyl groups is 1. The SMILES string of the molecule is CC(C)CCCCCOC(=O)CCc1ccc(O)cc1C(C)(C)C. The number of ether oxygens (including phenoxy) is 1. The van der Waals surface area contributed by atoms with E-state index in [0.717, 1.165) is 29.9 Å². The molecule has 0 radical (unpaired) electrons. The van der Waals surface area contributed by atoms with E-state index in [-0.39, 0.29) is 17.1 Å². The van der Waals surface area contributed by atoms with Crippen molar-refractivity contribution < 1.29 is 14.6 Å². The molecule has 136 valence electrons. The first kappa shape index (κ1) is 20.5. The van der Waals surface area contributed by atoms with Crippen molar-refractivity contribution in [3.05, 3.63) is 29.3 Å². The summed E-state index contributed by atoms with van der Waals surface area (Å²) in [6, 6.07) is 5.40. The Bertz CT molecular complexity index is 512. The summed E-state index contributed by atoms with van der Waals surface area (Å²) in [5.41, 5.74) is 2.13. The lowest BCUT2D eigenvalue weighted by atomic mass is 9.82. The van der Waals surface area contributed by atoms with E-state index in [1.165, 1.54) is 12.8 Å². The zero-order valence-electron chi connectivity index (χ0n) is 16.0. The van der Waals surface area contributed by atoms with Crippen LogP contribution in [0.1, 0.15) is 77.8 Å². The van der Waals surface area contributed by atoms with Crippen molar-refractivity contribution in [1.29, 1.82) is 0 Å². The van der Waals surface area contributed by atoms with Crippen LogP contribution in [0.15, 0.2) is 18.2 Å². The second kappa shape index (κ2) is 9.71. The van der Waals surface area contributed by atoms with E-state index in [2.05, 4.69) is 34.6 Å². The molecule has 1 N–H and O–H groups in total. The first-order valence-corrected chi connectivity index (χ1v) is 9.18. The molecule has 0 saturated carbocycles. The maximum Gasteiger partial charge on any atom is 0.306 e. The predicted octanol–water partition coefficient (Wildman–Crippen LogP) is 5.38. The Labute approximate surface area is 147 Å². The molecule has 0 saturated heterocycles. The zero-order valence-corrected chi connectivity index (χ0v) is 16.0. The number of aryl methyl sites for hydroxylation is 1. The molecule has 0 atom stereocenters. The highest BCUT2D eigenvalue weighted by atomic mass is 16.5. The Kier molecular flexibility index (Phi) is 8.30. The summed E-state index contributed by atoms with van der Waals surface area (Å²) in [5.74, 6) is 0.884. The third kappa shape index (κ3) is 7.85. The minimum atomic E-state index is -0.133. The molecule has 0 fully saturated rings. The normalized spacial score (nSPS) is 11.8. The predicted molar refractivity (Wildman–Crippen MR) is 99.4 cm³/mol. The van der Waals surface area contributed by atoms with E-state index in [9.17, 15) is 9.90 Å². The maximum absolute atomic E-state index is 11.9. The number of benzene rings is 1. The van der Waals surface area contributed by atoms with Gasteiger partial charge in [0.1, 0.15) is 5.75 Å². The summed E-state index contributed by atoms with van der Waals surface area (Å²) in [6.07, 6.45) is 5.56. The summed E-state index contributed by atoms with van der Waals surface area (Å²) < 4.78 is 5.33. The maximum atomic E-state index is 11.9. The van der Waals surface area contributed by atoms with Gasteiger partial charge in [0.25, 0.3) is 0 Å². The summed E-state index contributed by atoms with van der Waals surface area (Å²) in [7, 11) is 0. The molecule has 0 heterocycles. The zero-order chi connectivity index (χ0) is 18.2. The monoisotopic (exact) mass is 334 g/mol. The van der Waals surface area contributed by atoms with Crippen molar-refractivity contribution in [2.75, 3.05) is 6.61 Å². The number of hydrogen-bond donors (Lipinski definition) is 1. The van der Waals surface area contributed by atoms with Gasteiger partial charge in [0.15, 0.2) is 0 Å². The third-order valence-corrected chi connectivity index (χ3v) is 4.19. The van der Waals surface area contributed by atoms with Crippen molar-refractivity contribution in [2.45, 2.75) is 78.6 Å². The van der Waals surface area contributed by atoms with Gasteiger partial charge in [-0.3, -0.25) is 4.79 Å². The van der Waals surface area contributed by atoms with Gasteiger partial charge in [-0.2, -0.15) is 0 Å². The van der Waals surface area contributed by atoms with Crippen molar-refractivity contribution in [2.24, 2.45) is 5.92 Å². The molecule has 0 unspecified atom stereocenters. The third-order valence-electron chi connectivity index (χ3n) is 4.19. The van der Waals surface area contributed by atoms with Crippen LogP contribution >= 0.6 is 0 Å². The number of carbonyl (C=O) groups is 1. The van der Waals surface area contributed by atoms with E-state index in [1.807, 2.05) is 6.07 Å². The molecule has 0 bridgehead atoms. The van der Waals surface area contributed by atoms with Gasteiger partial charge in [0.2, 0.25) is 0 Å². The van der Waals surface area contributed by atoms with Gasteiger partial charge in [-0.1, -0.05) is 59.9 Å². The van der Waals surface area contributed by atoms with Crippen molar-refractivity contribution >= 4 is 5.97 Å². The topological polar surface area (TPSA) is 46.5 Å². The van der Waals surface area contributed by atoms with Crippen molar-refractivity contribution in [3.8, 4) is 5.75 Å². The van der Waals surface area contributed by atoms with E-state index in [1.54, 1.807) is 12.1 Å². The second-order valence-corrected chi connectivity index (χ2v) is 8.06. The number of phenolic OH excluding ortho intramolecular Hbond substituents is 1. The fraction of sp³-hybridized carbons (Fsp3) is 0.667. The lowest BCUT2D eigenvalue weighted by molar-refractivity contribution is -0.143. The average Bonchev–Trinajstić information content (AvgIpc) is 2.48. The van der Waals surface area contributed by atoms with E-state index < -0.39 is 0 Å². The Morgan fingerprint density at radius 3 is 2.50 bits per heavy atom. The van der Waals surface area contributed by atoms with E-state index in [4.69, 9.17) is 4.74 Å². The first-order chi connectivity index (χ1) is 11.2. The van der Waals surface area contributed by atoms with Crippen LogP contribution in [0.4, 0.5) is 0 Å². The fourth-order valence-corrected chi connectivity index (χ4v) is 2.81. The van der Waals surface area contributed by atoms with Crippen LogP contribution in [0, 0.1) is 5.92 Å². The molecular formula is C21H34O3. The first-order valence-electron chi connectivity index (χ1n) is 9.18. The molecule has 3 nitrogen and oxygen atoms in total. The van der Waals surface area contributed by atoms with E-state index >= 15 is 0 Å². The molecule has 1 rings (SSSR count). The Hall–Kier alpha value is -1.51. The Morgan fingerprint density at radius 2 is 1.88 bits per heavy atom. The highest BCUT2D eigenvalue weighted by Crippen LogP contribution is 2.29. The highest BCUT2D eigenvalue weighted by molar-refractivity contribution is 5.69. The molecule has 3 heteroatoms. The summed E-state index contributed by atoms with van der Waals surface area (Å²) in [5, 5.41) is 9.71. The smallest absolute Gasteiger partial charge is 0.306 e. The molecule has 24 heavy (non-hydrogen) atoms. The lowest BCUT2D eigenvalue weighted by Gasteiger charge is -2.23. The number of carbonyl (C=O) groups excluding carboxylic acids is 1. The molecule has 0 aromatic heterocycles. The van der Waals surface area contributed by atoms with Crippen molar-refractivity contribution in [3.63, 3.8) is 0 Å². The molecule has 0 amide bonds. The van der Waals surface area contributed by atoms with Crippen LogP contribution < -0.4 is 0 Å². The largest absolute Gasteiger partial charge is 0.508 e. The van der Waals surface area contributed by atoms with Crippen LogP contribution in [0.5, 0.6) is 5.75 Å². The molecular weight excluding hydrogens is 300 g/mol. The quantitative estimate of drug-likeness (QED) is 0.487. The van der Waals surface area contributed by atoms with Gasteiger partial charge in [-0.05, 0) is 47.4 Å². The number of hydrogen-bond acceptors (Lipinski definition) is 3. The molecule has 0 aliphatic heterocycles. The van der Waals surface area contributed by atoms with Crippen molar-refractivity contribution in [1.82, 2.24) is 0 Å². The minimum Gasteiger partial charge on any atom is -0.508 e. The summed E-state index contributed by atoms with van der Waals surface area (Å²) >= 11 is 0. The fourth-order valence-electron chi connectivity index (χ4n) is 2.81. The van der Waals surface area contributed by atoms with Crippen LogP contribution in [0.3, 0.4) is 0 Å². The molecule has 0 aliphatic carbocycles. The number of unbranched alkanes of at least 4 members (excludes halogenated alkanes) is 2. The highest BCUT2D eigenvalue weighted by Gasteiger charge is 2.19. The van der Waals surface area contributed by atoms with Crippen LogP contribution in [-0.4, -0.2) is 17.7 Å². The van der Waals surface area contributed by atoms with E-state index in [0.29, 0.717) is 19.4 Å². The van der Waals surface area contributed by atoms with Gasteiger partial charge < -0.3 is 9.84 Å². The Morgan fingerprint density at radius 1 is 1.17 bits per heavy atom. The number of rotatable bonds is 9. The van der Waals surface area contributed by atoms with Crippen LogP contribution in [0.25, 0.3) is 0 Å². The number of phenols is 1. The number of esters is 1. The van der Waals surface area contributed by atoms with Crippen LogP contribution in [0.2, 0.25) is 0 Å². The molecule has 0 spiro atoms. The average molecular weight is 335 g/mol. The Balaban J connectivity index is 2.37. The lowest BCUT2D eigenvalue weighted by Crippen LogP contribution is -2.15. The van der Waals surface area contributed by atoms with Gasteiger partial charge in [0.05, 0.1) is 6.61 Å². The minimum absolute atomic E-state index is 0.0611. The van der Waals surface area contributed by atoms with Gasteiger partial charge >= 0.3 is 5.97 Å². The van der Waals surface area contributed by atoms with Crippen LogP contribution in [-0.2, 0) is 21.4 Å². The van der Waals surface area contributed by atoms with Gasteiger partial charge in [-0.15, -0.1) is 0 Å².